The Balaban J connectivity index is 0.000000543. The van der Waals surface area contributed by atoms with Gasteiger partial charge in [-0.25, -0.2) is 0 Å². The summed E-state index contributed by atoms with van der Waals surface area (Å²) in [4.78, 5) is 25.1. The van der Waals surface area contributed by atoms with Gasteiger partial charge >= 0.3 is 37.3 Å². The van der Waals surface area contributed by atoms with Crippen molar-refractivity contribution < 1.29 is 74.5 Å². The first kappa shape index (κ1) is 37.0. The van der Waals surface area contributed by atoms with Crippen molar-refractivity contribution in [2.45, 2.75) is 0 Å². The molecule has 0 N–H and O–H groups in total. The van der Waals surface area contributed by atoms with E-state index in [1.165, 1.54) is 0 Å². The molecule has 0 amide bonds. The number of rotatable bonds is 3. The van der Waals surface area contributed by atoms with Crippen LogP contribution in [0.5, 0.6) is 0 Å². The molecule has 207 valence electrons. The maximum absolute atomic E-state index is 4.19. The van der Waals surface area contributed by atoms with E-state index in [0.29, 0.717) is 0 Å². The fourth-order valence-corrected chi connectivity index (χ4v) is 3.09. The summed E-state index contributed by atoms with van der Waals surface area (Å²) in [6.45, 7) is 0. The zero-order valence-corrected chi connectivity index (χ0v) is 25.1. The predicted molar refractivity (Wildman–Crippen MR) is 142 cm³/mol. The van der Waals surface area contributed by atoms with Crippen molar-refractivity contribution >= 4 is 0 Å². The number of aromatic nitrogens is 6. The van der Waals surface area contributed by atoms with E-state index >= 15 is 0 Å². The monoisotopic (exact) mass is 739 g/mol. The van der Waals surface area contributed by atoms with E-state index in [1.807, 2.05) is 109 Å². The number of halogens is 3. The minimum Gasteiger partial charge on any atom is -1.00 e. The Bertz CT molecular complexity index is 1120. The van der Waals surface area contributed by atoms with Gasteiger partial charge in [0.05, 0.1) is 34.2 Å². The van der Waals surface area contributed by atoms with Gasteiger partial charge in [0.15, 0.2) is 0 Å². The van der Waals surface area contributed by atoms with Crippen LogP contribution in [0.3, 0.4) is 0 Å². The first-order valence-electron chi connectivity index (χ1n) is 11.4. The minimum absolute atomic E-state index is 0. The maximum Gasteiger partial charge on any atom is 3.00 e. The van der Waals surface area contributed by atoms with E-state index in [-0.39, 0.29) is 74.5 Å². The molecule has 0 aliphatic rings. The molecule has 0 atom stereocenters. The van der Waals surface area contributed by atoms with Crippen LogP contribution in [0.25, 0.3) is 34.2 Å². The van der Waals surface area contributed by atoms with Crippen LogP contribution in [0.2, 0.25) is 0 Å². The number of nitrogens with zero attached hydrogens (tertiary/aromatic N) is 6. The topological polar surface area (TPSA) is 77.3 Å². The van der Waals surface area contributed by atoms with Crippen LogP contribution >= 0.6 is 0 Å². The van der Waals surface area contributed by atoms with E-state index in [4.69, 9.17) is 0 Å². The van der Waals surface area contributed by atoms with Crippen molar-refractivity contribution in [2.24, 2.45) is 0 Å². The van der Waals surface area contributed by atoms with Crippen molar-refractivity contribution in [1.29, 1.82) is 0 Å². The molecule has 6 nitrogen and oxygen atoms in total. The Morgan fingerprint density at radius 1 is 0.250 bits per heavy atom. The van der Waals surface area contributed by atoms with Crippen molar-refractivity contribution in [1.82, 2.24) is 29.9 Å². The Morgan fingerprint density at radius 2 is 0.400 bits per heavy atom. The van der Waals surface area contributed by atoms with Gasteiger partial charge in [0.25, 0.3) is 0 Å². The molecular weight excluding hydrogens is 718 g/mol. The molecule has 0 aliphatic carbocycles. The molecule has 6 aromatic rings. The Morgan fingerprint density at radius 3 is 0.500 bits per heavy atom. The Hall–Kier alpha value is -2.98. The van der Waals surface area contributed by atoms with Crippen LogP contribution in [0.15, 0.2) is 146 Å². The molecule has 0 unspecified atom stereocenters. The van der Waals surface area contributed by atoms with Gasteiger partial charge in [-0.1, -0.05) is 36.4 Å². The second-order valence-electron chi connectivity index (χ2n) is 7.29. The van der Waals surface area contributed by atoms with E-state index in [0.717, 1.165) is 34.2 Å². The van der Waals surface area contributed by atoms with Gasteiger partial charge in [-0.05, 0) is 72.8 Å². The summed E-state index contributed by atoms with van der Waals surface area (Å²) in [7, 11) is 0. The van der Waals surface area contributed by atoms with Crippen LogP contribution in [0.1, 0.15) is 0 Å². The SMILES string of the molecule is [Cl-].[Cl-].[Cl-].[Er+3].c1ccc(-c2ccccn2)nc1.c1ccc(-c2ccccn2)nc1.c1ccc(-c2ccccn2)nc1. The van der Waals surface area contributed by atoms with Gasteiger partial charge in [-0.15, -0.1) is 0 Å². The average molecular weight is 742 g/mol. The molecule has 0 saturated heterocycles. The summed E-state index contributed by atoms with van der Waals surface area (Å²) in [5.41, 5.74) is 5.49. The second kappa shape index (κ2) is 21.8. The standard InChI is InChI=1S/3C10H8N2.3ClH.Er/c3*1-3-7-11-9(5-1)10-6-2-4-8-12-10;;;;/h3*1-8H;3*1H;/q;;;;;;+3/p-3. The molecule has 0 saturated carbocycles. The summed E-state index contributed by atoms with van der Waals surface area (Å²) in [6, 6.07) is 34.8. The molecule has 0 aliphatic heterocycles. The average Bonchev–Trinajstić information content (AvgIpc) is 3.01. The van der Waals surface area contributed by atoms with Crippen molar-refractivity contribution in [3.63, 3.8) is 0 Å². The first-order valence-corrected chi connectivity index (χ1v) is 11.4. The van der Waals surface area contributed by atoms with Gasteiger partial charge < -0.3 is 37.2 Å². The molecule has 0 aromatic carbocycles. The molecule has 0 spiro atoms. The summed E-state index contributed by atoms with van der Waals surface area (Å²) < 4.78 is 0. The van der Waals surface area contributed by atoms with Crippen molar-refractivity contribution in [3.8, 4) is 34.2 Å². The van der Waals surface area contributed by atoms with Gasteiger partial charge in [0.1, 0.15) is 0 Å². The fourth-order valence-electron chi connectivity index (χ4n) is 3.09. The number of hydrogen-bond donors (Lipinski definition) is 0. The molecule has 0 fully saturated rings. The maximum atomic E-state index is 4.19. The Kier molecular flexibility index (Phi) is 20.2. The summed E-state index contributed by atoms with van der Waals surface area (Å²) in [5.74, 6) is 0. The third-order valence-corrected chi connectivity index (χ3v) is 4.78. The summed E-state index contributed by atoms with van der Waals surface area (Å²) >= 11 is 0. The first-order chi connectivity index (χ1) is 17.9. The second-order valence-corrected chi connectivity index (χ2v) is 7.29. The quantitative estimate of drug-likeness (QED) is 0.199. The van der Waals surface area contributed by atoms with Crippen molar-refractivity contribution in [3.05, 3.63) is 146 Å². The van der Waals surface area contributed by atoms with Crippen molar-refractivity contribution in [2.75, 3.05) is 0 Å². The van der Waals surface area contributed by atoms with Crippen LogP contribution in [0, 0.1) is 37.3 Å². The molecule has 6 rings (SSSR count). The van der Waals surface area contributed by atoms with Crippen LogP contribution in [-0.2, 0) is 0 Å². The minimum atomic E-state index is 0. The van der Waals surface area contributed by atoms with E-state index in [2.05, 4.69) is 29.9 Å². The molecule has 1 radical (unpaired) electrons. The fraction of sp³-hybridized carbons (Fsp3) is 0. The third-order valence-electron chi connectivity index (χ3n) is 4.78. The van der Waals surface area contributed by atoms with Crippen LogP contribution < -0.4 is 37.2 Å². The molecular formula is C30H24Cl3ErN6. The molecule has 0 bridgehead atoms. The zero-order chi connectivity index (χ0) is 24.7. The number of hydrogen-bond acceptors (Lipinski definition) is 6. The zero-order valence-electron chi connectivity index (χ0n) is 21.0. The molecule has 10 heteroatoms. The molecule has 6 aromatic heterocycles. The van der Waals surface area contributed by atoms with E-state index < -0.39 is 0 Å². The van der Waals surface area contributed by atoms with Gasteiger partial charge in [0.2, 0.25) is 0 Å². The molecule has 6 heterocycles. The predicted octanol–water partition coefficient (Wildman–Crippen LogP) is -2.56. The summed E-state index contributed by atoms with van der Waals surface area (Å²) in [5, 5.41) is 0. The van der Waals surface area contributed by atoms with Crippen LogP contribution in [0.4, 0.5) is 0 Å². The third kappa shape index (κ3) is 12.5. The Labute approximate surface area is 282 Å². The van der Waals surface area contributed by atoms with Gasteiger partial charge in [-0.2, -0.15) is 0 Å². The van der Waals surface area contributed by atoms with Crippen LogP contribution in [-0.4, -0.2) is 29.9 Å². The van der Waals surface area contributed by atoms with Gasteiger partial charge in [-0.3, -0.25) is 29.9 Å². The van der Waals surface area contributed by atoms with E-state index in [9.17, 15) is 0 Å². The largest absolute Gasteiger partial charge is 3.00 e. The normalized spacial score (nSPS) is 8.70. The summed E-state index contributed by atoms with van der Waals surface area (Å²) in [6.07, 6.45) is 10.6. The van der Waals surface area contributed by atoms with E-state index in [1.54, 1.807) is 37.2 Å². The molecule has 40 heavy (non-hydrogen) atoms. The number of pyridine rings is 6. The van der Waals surface area contributed by atoms with Gasteiger partial charge in [0, 0.05) is 37.2 Å². The smallest absolute Gasteiger partial charge is 1.00 e.